The van der Waals surface area contributed by atoms with E-state index in [1.807, 2.05) is 30.3 Å². The van der Waals surface area contributed by atoms with Crippen molar-refractivity contribution in [1.29, 1.82) is 0 Å². The second-order valence-corrected chi connectivity index (χ2v) is 5.55. The highest BCUT2D eigenvalue weighted by Gasteiger charge is 2.28. The third kappa shape index (κ3) is 6.06. The van der Waals surface area contributed by atoms with Gasteiger partial charge in [0.05, 0.1) is 11.6 Å². The van der Waals surface area contributed by atoms with E-state index < -0.39 is 11.7 Å². The number of alkyl carbamates (subject to hydrolysis) is 1. The quantitative estimate of drug-likeness (QED) is 0.805. The monoisotopic (exact) mass is 279 g/mol. The van der Waals surface area contributed by atoms with E-state index in [4.69, 9.17) is 4.74 Å². The Kier molecular flexibility index (Phi) is 6.52. The van der Waals surface area contributed by atoms with E-state index in [9.17, 15) is 9.90 Å². The smallest absolute Gasteiger partial charge is 0.407 e. The number of nitrogens with one attached hydrogen (secondary N) is 1. The SMILES string of the molecule is CCCCC(NC(=O)OCc1ccccc1)C(C)(C)O. The van der Waals surface area contributed by atoms with E-state index in [-0.39, 0.29) is 12.6 Å². The number of carbonyl (C=O) groups is 1. The molecule has 1 unspecified atom stereocenters. The van der Waals surface area contributed by atoms with Crippen molar-refractivity contribution in [2.24, 2.45) is 0 Å². The Hall–Kier alpha value is -1.55. The summed E-state index contributed by atoms with van der Waals surface area (Å²) in [5.74, 6) is 0. The Balaban J connectivity index is 2.45. The van der Waals surface area contributed by atoms with Crippen LogP contribution in [-0.2, 0) is 11.3 Å². The van der Waals surface area contributed by atoms with Crippen LogP contribution in [-0.4, -0.2) is 22.8 Å². The first-order chi connectivity index (χ1) is 9.43. The molecule has 2 N–H and O–H groups in total. The van der Waals surface area contributed by atoms with Crippen molar-refractivity contribution in [3.63, 3.8) is 0 Å². The second kappa shape index (κ2) is 7.90. The number of rotatable bonds is 7. The van der Waals surface area contributed by atoms with Crippen molar-refractivity contribution < 1.29 is 14.6 Å². The summed E-state index contributed by atoms with van der Waals surface area (Å²) in [4.78, 5) is 11.8. The fraction of sp³-hybridized carbons (Fsp3) is 0.562. The largest absolute Gasteiger partial charge is 0.445 e. The lowest BCUT2D eigenvalue weighted by atomic mass is 9.94. The van der Waals surface area contributed by atoms with E-state index in [1.165, 1.54) is 0 Å². The third-order valence-electron chi connectivity index (χ3n) is 3.20. The lowest BCUT2D eigenvalue weighted by Gasteiger charge is -2.29. The van der Waals surface area contributed by atoms with Crippen molar-refractivity contribution in [1.82, 2.24) is 5.32 Å². The molecule has 1 rings (SSSR count). The highest BCUT2D eigenvalue weighted by atomic mass is 16.5. The molecule has 0 heterocycles. The van der Waals surface area contributed by atoms with Gasteiger partial charge in [-0.05, 0) is 25.8 Å². The van der Waals surface area contributed by atoms with E-state index in [1.54, 1.807) is 13.8 Å². The molecule has 0 aliphatic rings. The van der Waals surface area contributed by atoms with Crippen LogP contribution < -0.4 is 5.32 Å². The van der Waals surface area contributed by atoms with E-state index >= 15 is 0 Å². The Morgan fingerprint density at radius 2 is 2.00 bits per heavy atom. The van der Waals surface area contributed by atoms with Crippen LogP contribution in [0, 0.1) is 0 Å². The Morgan fingerprint density at radius 3 is 2.55 bits per heavy atom. The summed E-state index contributed by atoms with van der Waals surface area (Å²) in [5, 5.41) is 12.8. The number of carbonyl (C=O) groups excluding carboxylic acids is 1. The van der Waals surface area contributed by atoms with E-state index in [0.29, 0.717) is 0 Å². The fourth-order valence-electron chi connectivity index (χ4n) is 1.92. The van der Waals surface area contributed by atoms with Gasteiger partial charge in [0.1, 0.15) is 6.61 Å². The minimum Gasteiger partial charge on any atom is -0.445 e. The Labute approximate surface area is 121 Å². The summed E-state index contributed by atoms with van der Waals surface area (Å²) in [5.41, 5.74) is -0.0166. The van der Waals surface area contributed by atoms with Gasteiger partial charge < -0.3 is 15.2 Å². The summed E-state index contributed by atoms with van der Waals surface area (Å²) in [6.45, 7) is 5.71. The molecule has 0 aromatic heterocycles. The summed E-state index contributed by atoms with van der Waals surface area (Å²) in [6, 6.07) is 9.22. The van der Waals surface area contributed by atoms with Gasteiger partial charge in [0.25, 0.3) is 0 Å². The lowest BCUT2D eigenvalue weighted by molar-refractivity contribution is 0.0300. The number of unbranched alkanes of at least 4 members (excludes halogenated alkanes) is 1. The average molecular weight is 279 g/mol. The molecule has 0 spiro atoms. The summed E-state index contributed by atoms with van der Waals surface area (Å²) in [7, 11) is 0. The minimum absolute atomic E-state index is 0.235. The van der Waals surface area contributed by atoms with Crippen molar-refractivity contribution in [3.8, 4) is 0 Å². The van der Waals surface area contributed by atoms with Crippen LogP contribution in [0.3, 0.4) is 0 Å². The van der Waals surface area contributed by atoms with Gasteiger partial charge in [-0.3, -0.25) is 0 Å². The predicted octanol–water partition coefficient (Wildman–Crippen LogP) is 3.24. The highest BCUT2D eigenvalue weighted by molar-refractivity contribution is 5.67. The molecule has 1 aromatic carbocycles. The molecule has 1 atom stereocenters. The van der Waals surface area contributed by atoms with Gasteiger partial charge in [-0.2, -0.15) is 0 Å². The maximum Gasteiger partial charge on any atom is 0.407 e. The number of hydrogen-bond acceptors (Lipinski definition) is 3. The molecule has 0 bridgehead atoms. The first kappa shape index (κ1) is 16.5. The van der Waals surface area contributed by atoms with Gasteiger partial charge in [0.15, 0.2) is 0 Å². The minimum atomic E-state index is -0.957. The van der Waals surface area contributed by atoms with Gasteiger partial charge in [0, 0.05) is 0 Å². The number of hydrogen-bond donors (Lipinski definition) is 2. The normalized spacial score (nSPS) is 12.8. The van der Waals surface area contributed by atoms with Gasteiger partial charge in [-0.15, -0.1) is 0 Å². The van der Waals surface area contributed by atoms with E-state index in [0.717, 1.165) is 24.8 Å². The molecule has 1 aromatic rings. The molecular formula is C16H25NO3. The van der Waals surface area contributed by atoms with Crippen LogP contribution in [0.5, 0.6) is 0 Å². The highest BCUT2D eigenvalue weighted by Crippen LogP contribution is 2.15. The maximum absolute atomic E-state index is 11.8. The third-order valence-corrected chi connectivity index (χ3v) is 3.20. The fourth-order valence-corrected chi connectivity index (χ4v) is 1.92. The molecule has 1 amide bonds. The molecule has 0 saturated carbocycles. The van der Waals surface area contributed by atoms with Gasteiger partial charge in [0.2, 0.25) is 0 Å². The van der Waals surface area contributed by atoms with Crippen LogP contribution in [0.4, 0.5) is 4.79 Å². The molecule has 0 radical (unpaired) electrons. The molecule has 4 heteroatoms. The molecule has 4 nitrogen and oxygen atoms in total. The summed E-state index contributed by atoms with van der Waals surface area (Å²) in [6.07, 6.45) is 2.22. The zero-order valence-electron chi connectivity index (χ0n) is 12.6. The molecule has 0 saturated heterocycles. The number of amides is 1. The Bertz CT molecular complexity index is 398. The van der Waals surface area contributed by atoms with Crippen LogP contribution in [0.2, 0.25) is 0 Å². The molecular weight excluding hydrogens is 254 g/mol. The summed E-state index contributed by atoms with van der Waals surface area (Å²) < 4.78 is 5.17. The standard InChI is InChI=1S/C16H25NO3/c1-4-5-11-14(16(2,3)19)17-15(18)20-12-13-9-7-6-8-10-13/h6-10,14,19H,4-5,11-12H2,1-3H3,(H,17,18). The van der Waals surface area contributed by atoms with Crippen molar-refractivity contribution in [2.45, 2.75) is 58.3 Å². The number of ether oxygens (including phenoxy) is 1. The zero-order valence-corrected chi connectivity index (χ0v) is 12.6. The predicted molar refractivity (Wildman–Crippen MR) is 79.4 cm³/mol. The van der Waals surface area contributed by atoms with Gasteiger partial charge in [-0.1, -0.05) is 50.1 Å². The van der Waals surface area contributed by atoms with Crippen molar-refractivity contribution in [2.75, 3.05) is 0 Å². The molecule has 0 aliphatic heterocycles. The lowest BCUT2D eigenvalue weighted by Crippen LogP contribution is -2.49. The number of benzene rings is 1. The maximum atomic E-state index is 11.8. The first-order valence-corrected chi connectivity index (χ1v) is 7.13. The van der Waals surface area contributed by atoms with Crippen molar-refractivity contribution in [3.05, 3.63) is 35.9 Å². The van der Waals surface area contributed by atoms with Crippen molar-refractivity contribution >= 4 is 6.09 Å². The van der Waals surface area contributed by atoms with Gasteiger partial charge >= 0.3 is 6.09 Å². The van der Waals surface area contributed by atoms with Crippen LogP contribution in [0.1, 0.15) is 45.6 Å². The first-order valence-electron chi connectivity index (χ1n) is 7.13. The van der Waals surface area contributed by atoms with Crippen LogP contribution >= 0.6 is 0 Å². The molecule has 0 fully saturated rings. The van der Waals surface area contributed by atoms with Gasteiger partial charge in [-0.25, -0.2) is 4.79 Å². The summed E-state index contributed by atoms with van der Waals surface area (Å²) >= 11 is 0. The topological polar surface area (TPSA) is 58.6 Å². The van der Waals surface area contributed by atoms with E-state index in [2.05, 4.69) is 12.2 Å². The van der Waals surface area contributed by atoms with Crippen LogP contribution in [0.25, 0.3) is 0 Å². The second-order valence-electron chi connectivity index (χ2n) is 5.55. The zero-order chi connectivity index (χ0) is 15.0. The average Bonchev–Trinajstić information content (AvgIpc) is 2.41. The van der Waals surface area contributed by atoms with Crippen LogP contribution in [0.15, 0.2) is 30.3 Å². The molecule has 20 heavy (non-hydrogen) atoms. The Morgan fingerprint density at radius 1 is 1.35 bits per heavy atom. The molecule has 0 aliphatic carbocycles. The number of aliphatic hydroxyl groups is 1. The molecule has 112 valence electrons.